The second-order valence-electron chi connectivity index (χ2n) is 4.29. The zero-order valence-corrected chi connectivity index (χ0v) is 11.0. The molecule has 0 aliphatic carbocycles. The van der Waals surface area contributed by atoms with Crippen LogP contribution in [0.15, 0.2) is 42.5 Å². The first-order valence-corrected chi connectivity index (χ1v) is 6.24. The van der Waals surface area contributed by atoms with Crippen LogP contribution in [-0.4, -0.2) is 0 Å². The highest BCUT2D eigenvalue weighted by Gasteiger charge is 2.15. The Labute approximate surface area is 116 Å². The third-order valence-corrected chi connectivity index (χ3v) is 3.24. The number of benzene rings is 2. The first-order chi connectivity index (χ1) is 9.11. The maximum atomic E-state index is 13.6. The molecule has 0 fully saturated rings. The summed E-state index contributed by atoms with van der Waals surface area (Å²) in [6.45, 7) is 0. The lowest BCUT2D eigenvalue weighted by Gasteiger charge is -2.18. The molecule has 0 aliphatic rings. The first kappa shape index (κ1) is 13.8. The average Bonchev–Trinajstić information content (AvgIpc) is 2.39. The van der Waals surface area contributed by atoms with Crippen LogP contribution in [0.2, 0.25) is 5.02 Å². The summed E-state index contributed by atoms with van der Waals surface area (Å²) in [5, 5.41) is 0.558. The van der Waals surface area contributed by atoms with Crippen LogP contribution in [0, 0.1) is 5.82 Å². The van der Waals surface area contributed by atoms with Crippen LogP contribution in [0.4, 0.5) is 10.1 Å². The van der Waals surface area contributed by atoms with Gasteiger partial charge in [0, 0.05) is 10.7 Å². The monoisotopic (exact) mass is 279 g/mol. The van der Waals surface area contributed by atoms with E-state index in [9.17, 15) is 4.39 Å². The largest absolute Gasteiger partial charge is 0.398 e. The van der Waals surface area contributed by atoms with Gasteiger partial charge in [-0.05, 0) is 35.7 Å². The van der Waals surface area contributed by atoms with Gasteiger partial charge in [-0.2, -0.15) is 0 Å². The average molecular weight is 280 g/mol. The Kier molecular flexibility index (Phi) is 4.37. The van der Waals surface area contributed by atoms with Gasteiger partial charge >= 0.3 is 0 Å². The molecule has 0 bridgehead atoms. The summed E-state index contributed by atoms with van der Waals surface area (Å²) in [6.07, 6.45) is 0.412. The van der Waals surface area contributed by atoms with E-state index in [1.165, 1.54) is 6.07 Å². The van der Waals surface area contributed by atoms with Crippen molar-refractivity contribution < 1.29 is 4.39 Å². The van der Waals surface area contributed by atoms with Crippen LogP contribution < -0.4 is 17.0 Å². The molecule has 0 aliphatic heterocycles. The summed E-state index contributed by atoms with van der Waals surface area (Å²) in [6, 6.07) is 11.5. The molecule has 2 rings (SSSR count). The van der Waals surface area contributed by atoms with Crippen molar-refractivity contribution in [2.75, 3.05) is 5.73 Å². The van der Waals surface area contributed by atoms with Crippen molar-refractivity contribution in [1.82, 2.24) is 5.43 Å². The molecule has 5 N–H and O–H groups in total. The van der Waals surface area contributed by atoms with E-state index in [0.29, 0.717) is 22.7 Å². The summed E-state index contributed by atoms with van der Waals surface area (Å²) in [5.41, 5.74) is 10.5. The molecule has 3 nitrogen and oxygen atoms in total. The number of anilines is 1. The van der Waals surface area contributed by atoms with Crippen molar-refractivity contribution in [2.45, 2.75) is 12.5 Å². The van der Waals surface area contributed by atoms with Crippen molar-refractivity contribution in [3.8, 4) is 0 Å². The van der Waals surface area contributed by atoms with Crippen LogP contribution in [0.3, 0.4) is 0 Å². The van der Waals surface area contributed by atoms with E-state index >= 15 is 0 Å². The highest BCUT2D eigenvalue weighted by molar-refractivity contribution is 6.30. The molecule has 1 atom stereocenters. The van der Waals surface area contributed by atoms with E-state index in [2.05, 4.69) is 5.43 Å². The summed E-state index contributed by atoms with van der Waals surface area (Å²) in [7, 11) is 0. The minimum Gasteiger partial charge on any atom is -0.398 e. The first-order valence-electron chi connectivity index (χ1n) is 5.86. The number of nitrogens with one attached hydrogen (secondary N) is 1. The smallest absolute Gasteiger partial charge is 0.126 e. The topological polar surface area (TPSA) is 64.1 Å². The van der Waals surface area contributed by atoms with Gasteiger partial charge in [0.05, 0.1) is 6.04 Å². The van der Waals surface area contributed by atoms with Crippen molar-refractivity contribution >= 4 is 17.3 Å². The molecule has 100 valence electrons. The van der Waals surface area contributed by atoms with Gasteiger partial charge in [0.2, 0.25) is 0 Å². The van der Waals surface area contributed by atoms with Gasteiger partial charge in [0.15, 0.2) is 0 Å². The molecule has 2 aromatic rings. The number of nitrogen functional groups attached to an aromatic ring is 1. The Hall–Kier alpha value is -1.62. The fourth-order valence-corrected chi connectivity index (χ4v) is 2.19. The summed E-state index contributed by atoms with van der Waals surface area (Å²) in [4.78, 5) is 0. The molecule has 0 spiro atoms. The van der Waals surface area contributed by atoms with Crippen LogP contribution in [-0.2, 0) is 6.42 Å². The SMILES string of the molecule is NNC(Cc1ccccc1F)c1ccc(Cl)cc1N. The Morgan fingerprint density at radius 2 is 1.95 bits per heavy atom. The predicted octanol–water partition coefficient (Wildman–Crippen LogP) is 2.81. The van der Waals surface area contributed by atoms with Crippen LogP contribution in [0.25, 0.3) is 0 Å². The fourth-order valence-electron chi connectivity index (χ4n) is 2.01. The summed E-state index contributed by atoms with van der Waals surface area (Å²) in [5.74, 6) is 5.29. The number of hydrogen-bond acceptors (Lipinski definition) is 3. The predicted molar refractivity (Wildman–Crippen MR) is 76.0 cm³/mol. The van der Waals surface area contributed by atoms with Gasteiger partial charge in [-0.1, -0.05) is 35.9 Å². The zero-order chi connectivity index (χ0) is 13.8. The van der Waals surface area contributed by atoms with Gasteiger partial charge in [-0.3, -0.25) is 11.3 Å². The molecular weight excluding hydrogens is 265 g/mol. The number of halogens is 2. The van der Waals surface area contributed by atoms with E-state index in [4.69, 9.17) is 23.2 Å². The van der Waals surface area contributed by atoms with Gasteiger partial charge < -0.3 is 5.73 Å². The fraction of sp³-hybridized carbons (Fsp3) is 0.143. The summed E-state index contributed by atoms with van der Waals surface area (Å²) >= 11 is 5.86. The molecule has 1 unspecified atom stereocenters. The van der Waals surface area contributed by atoms with Crippen molar-refractivity contribution in [1.29, 1.82) is 0 Å². The lowest BCUT2D eigenvalue weighted by Crippen LogP contribution is -2.30. The van der Waals surface area contributed by atoms with E-state index in [0.717, 1.165) is 5.56 Å². The molecule has 19 heavy (non-hydrogen) atoms. The highest BCUT2D eigenvalue weighted by atomic mass is 35.5. The maximum absolute atomic E-state index is 13.6. The minimum atomic E-state index is -0.269. The molecule has 2 aromatic carbocycles. The number of hydrogen-bond donors (Lipinski definition) is 3. The van der Waals surface area contributed by atoms with Crippen LogP contribution in [0.1, 0.15) is 17.2 Å². The molecular formula is C14H15ClFN3. The quantitative estimate of drug-likeness (QED) is 0.458. The number of hydrazine groups is 1. The van der Waals surface area contributed by atoms with Gasteiger partial charge in [0.1, 0.15) is 5.82 Å². The molecule has 0 heterocycles. The standard InChI is InChI=1S/C14H15ClFN3/c15-10-5-6-11(13(17)8-10)14(19-18)7-9-3-1-2-4-12(9)16/h1-6,8,14,19H,7,17-18H2. The highest BCUT2D eigenvalue weighted by Crippen LogP contribution is 2.26. The van der Waals surface area contributed by atoms with Crippen molar-refractivity contribution in [3.63, 3.8) is 0 Å². The third kappa shape index (κ3) is 3.23. The van der Waals surface area contributed by atoms with Crippen molar-refractivity contribution in [2.24, 2.45) is 5.84 Å². The molecule has 0 aromatic heterocycles. The normalized spacial score (nSPS) is 12.4. The third-order valence-electron chi connectivity index (χ3n) is 3.01. The lowest BCUT2D eigenvalue weighted by molar-refractivity contribution is 0.530. The van der Waals surface area contributed by atoms with Crippen LogP contribution in [0.5, 0.6) is 0 Å². The molecule has 0 radical (unpaired) electrons. The lowest BCUT2D eigenvalue weighted by atomic mass is 9.98. The molecule has 5 heteroatoms. The van der Waals surface area contributed by atoms with E-state index < -0.39 is 0 Å². The van der Waals surface area contributed by atoms with Crippen LogP contribution >= 0.6 is 11.6 Å². The van der Waals surface area contributed by atoms with E-state index in [1.807, 2.05) is 0 Å². The Morgan fingerprint density at radius 3 is 2.58 bits per heavy atom. The van der Waals surface area contributed by atoms with E-state index in [1.54, 1.807) is 36.4 Å². The second-order valence-corrected chi connectivity index (χ2v) is 4.72. The molecule has 0 saturated carbocycles. The Balaban J connectivity index is 2.28. The van der Waals surface area contributed by atoms with Gasteiger partial charge in [0.25, 0.3) is 0 Å². The Morgan fingerprint density at radius 1 is 1.21 bits per heavy atom. The number of rotatable bonds is 4. The second kappa shape index (κ2) is 6.02. The molecule has 0 saturated heterocycles. The van der Waals surface area contributed by atoms with Gasteiger partial charge in [-0.15, -0.1) is 0 Å². The van der Waals surface area contributed by atoms with E-state index in [-0.39, 0.29) is 11.9 Å². The Bertz CT molecular complexity index is 574. The van der Waals surface area contributed by atoms with Crippen molar-refractivity contribution in [3.05, 3.63) is 64.4 Å². The molecule has 0 amide bonds. The number of nitrogens with two attached hydrogens (primary N) is 2. The zero-order valence-electron chi connectivity index (χ0n) is 10.2. The maximum Gasteiger partial charge on any atom is 0.126 e. The minimum absolute atomic E-state index is 0.254. The summed E-state index contributed by atoms with van der Waals surface area (Å²) < 4.78 is 13.6. The van der Waals surface area contributed by atoms with Gasteiger partial charge in [-0.25, -0.2) is 4.39 Å².